The van der Waals surface area contributed by atoms with Gasteiger partial charge in [0.1, 0.15) is 13.2 Å². The third kappa shape index (κ3) is 57.5. The fourth-order valence-electron chi connectivity index (χ4n) is 8.56. The van der Waals surface area contributed by atoms with Crippen LogP contribution in [0.4, 0.5) is 0 Å². The van der Waals surface area contributed by atoms with Crippen molar-refractivity contribution in [1.29, 1.82) is 0 Å². The zero-order valence-corrected chi connectivity index (χ0v) is 47.4. The van der Waals surface area contributed by atoms with Crippen molar-refractivity contribution in [3.63, 3.8) is 0 Å². The first-order valence-electron chi connectivity index (χ1n) is 30.6. The molecule has 0 fully saturated rings. The molecule has 0 aromatic carbocycles. The summed E-state index contributed by atoms with van der Waals surface area (Å²) in [6.45, 7) is 6.47. The summed E-state index contributed by atoms with van der Waals surface area (Å²) >= 11 is 0. The van der Waals surface area contributed by atoms with E-state index < -0.39 is 6.10 Å². The van der Waals surface area contributed by atoms with E-state index in [1.165, 1.54) is 161 Å². The molecule has 0 aromatic heterocycles. The van der Waals surface area contributed by atoms with Gasteiger partial charge in [-0.15, -0.1) is 0 Å². The second-order valence-electron chi connectivity index (χ2n) is 20.2. The quantitative estimate of drug-likeness (QED) is 0.0261. The fraction of sp³-hybridized carbons (Fsp3) is 0.742. The smallest absolute Gasteiger partial charge is 0.306 e. The number of allylic oxidation sites excluding steroid dienone is 14. The van der Waals surface area contributed by atoms with Gasteiger partial charge in [0.25, 0.3) is 0 Å². The molecule has 0 radical (unpaired) electrons. The Morgan fingerprint density at radius 2 is 0.542 bits per heavy atom. The number of esters is 3. The molecule has 0 saturated heterocycles. The minimum Gasteiger partial charge on any atom is -0.462 e. The Morgan fingerprint density at radius 1 is 0.292 bits per heavy atom. The van der Waals surface area contributed by atoms with Crippen LogP contribution in [0.3, 0.4) is 0 Å². The Balaban J connectivity index is 4.13. The van der Waals surface area contributed by atoms with Crippen molar-refractivity contribution >= 4 is 17.9 Å². The SMILES string of the molecule is CC/C=C\C/C=C\C/C=C\C/C=C\CCCCCCCCCCCCC(=O)OC(COC(=O)CCCCCCCC)COC(=O)CCCCCCCCCCCC/C=C\C/C=C\C/C=C\CCCCCCC. The highest BCUT2D eigenvalue weighted by atomic mass is 16.6. The van der Waals surface area contributed by atoms with Gasteiger partial charge in [0.2, 0.25) is 0 Å². The number of rotatable bonds is 55. The highest BCUT2D eigenvalue weighted by Gasteiger charge is 2.19. The van der Waals surface area contributed by atoms with Gasteiger partial charge in [-0.2, -0.15) is 0 Å². The molecule has 72 heavy (non-hydrogen) atoms. The maximum Gasteiger partial charge on any atom is 0.306 e. The fourth-order valence-corrected chi connectivity index (χ4v) is 8.56. The predicted molar refractivity (Wildman–Crippen MR) is 311 cm³/mol. The van der Waals surface area contributed by atoms with E-state index in [-0.39, 0.29) is 31.1 Å². The summed E-state index contributed by atoms with van der Waals surface area (Å²) in [5.74, 6) is -0.889. The van der Waals surface area contributed by atoms with Crippen LogP contribution in [0.15, 0.2) is 85.1 Å². The Labute approximate surface area is 445 Å². The topological polar surface area (TPSA) is 78.9 Å². The summed E-state index contributed by atoms with van der Waals surface area (Å²) in [6.07, 6.45) is 79.0. The highest BCUT2D eigenvalue weighted by Crippen LogP contribution is 2.16. The van der Waals surface area contributed by atoms with E-state index in [1.807, 2.05) is 0 Å². The predicted octanol–water partition coefficient (Wildman–Crippen LogP) is 20.7. The van der Waals surface area contributed by atoms with E-state index >= 15 is 0 Å². The molecule has 0 aliphatic rings. The average Bonchev–Trinajstić information content (AvgIpc) is 3.38. The van der Waals surface area contributed by atoms with E-state index in [0.29, 0.717) is 19.3 Å². The lowest BCUT2D eigenvalue weighted by atomic mass is 10.0. The molecule has 1 atom stereocenters. The number of hydrogen-bond donors (Lipinski definition) is 0. The van der Waals surface area contributed by atoms with Crippen molar-refractivity contribution < 1.29 is 28.6 Å². The highest BCUT2D eigenvalue weighted by molar-refractivity contribution is 5.71. The lowest BCUT2D eigenvalue weighted by molar-refractivity contribution is -0.167. The summed E-state index contributed by atoms with van der Waals surface area (Å²) in [7, 11) is 0. The van der Waals surface area contributed by atoms with E-state index in [4.69, 9.17) is 14.2 Å². The lowest BCUT2D eigenvalue weighted by Crippen LogP contribution is -2.30. The molecular formula is C66H114O6. The van der Waals surface area contributed by atoms with Gasteiger partial charge < -0.3 is 14.2 Å². The minimum absolute atomic E-state index is 0.0786. The molecule has 0 spiro atoms. The van der Waals surface area contributed by atoms with Gasteiger partial charge in [0.05, 0.1) is 0 Å². The van der Waals surface area contributed by atoms with E-state index in [2.05, 4.69) is 106 Å². The summed E-state index contributed by atoms with van der Waals surface area (Å²) in [4.78, 5) is 38.0. The monoisotopic (exact) mass is 1000 g/mol. The van der Waals surface area contributed by atoms with Gasteiger partial charge in [-0.25, -0.2) is 0 Å². The minimum atomic E-state index is -0.778. The van der Waals surface area contributed by atoms with Crippen LogP contribution >= 0.6 is 0 Å². The molecule has 0 bridgehead atoms. The molecule has 6 heteroatoms. The van der Waals surface area contributed by atoms with Gasteiger partial charge in [0.15, 0.2) is 6.10 Å². The molecule has 414 valence electrons. The molecule has 0 saturated carbocycles. The van der Waals surface area contributed by atoms with Crippen LogP contribution in [-0.4, -0.2) is 37.2 Å². The van der Waals surface area contributed by atoms with Gasteiger partial charge in [-0.1, -0.05) is 266 Å². The lowest BCUT2D eigenvalue weighted by Gasteiger charge is -2.18. The van der Waals surface area contributed by atoms with Crippen LogP contribution in [-0.2, 0) is 28.6 Å². The Kier molecular flexibility index (Phi) is 57.3. The maximum absolute atomic E-state index is 12.8. The van der Waals surface area contributed by atoms with Crippen LogP contribution in [0.25, 0.3) is 0 Å². The van der Waals surface area contributed by atoms with Gasteiger partial charge in [0, 0.05) is 19.3 Å². The number of hydrogen-bond acceptors (Lipinski definition) is 6. The average molecular weight is 1000 g/mol. The van der Waals surface area contributed by atoms with Crippen molar-refractivity contribution in [2.45, 2.75) is 303 Å². The summed E-state index contributed by atoms with van der Waals surface area (Å²) in [6, 6.07) is 0. The summed E-state index contributed by atoms with van der Waals surface area (Å²) in [5, 5.41) is 0. The molecular weight excluding hydrogens is 889 g/mol. The molecule has 1 unspecified atom stereocenters. The van der Waals surface area contributed by atoms with Crippen molar-refractivity contribution in [3.8, 4) is 0 Å². The normalized spacial score (nSPS) is 12.7. The summed E-state index contributed by atoms with van der Waals surface area (Å²) < 4.78 is 16.8. The summed E-state index contributed by atoms with van der Waals surface area (Å²) in [5.41, 5.74) is 0. The first-order valence-corrected chi connectivity index (χ1v) is 30.6. The number of carbonyl (C=O) groups excluding carboxylic acids is 3. The first-order chi connectivity index (χ1) is 35.5. The van der Waals surface area contributed by atoms with Gasteiger partial charge in [-0.05, 0) is 96.3 Å². The van der Waals surface area contributed by atoms with Crippen LogP contribution in [0.5, 0.6) is 0 Å². The van der Waals surface area contributed by atoms with Crippen molar-refractivity contribution in [3.05, 3.63) is 85.1 Å². The molecule has 0 aliphatic heterocycles. The largest absolute Gasteiger partial charge is 0.462 e. The second-order valence-corrected chi connectivity index (χ2v) is 20.2. The zero-order chi connectivity index (χ0) is 52.2. The molecule has 0 rings (SSSR count). The third-order valence-electron chi connectivity index (χ3n) is 13.1. The van der Waals surface area contributed by atoms with Crippen LogP contribution in [0, 0.1) is 0 Å². The molecule has 0 aliphatic carbocycles. The second kappa shape index (κ2) is 60.1. The van der Waals surface area contributed by atoms with Crippen molar-refractivity contribution in [2.24, 2.45) is 0 Å². The van der Waals surface area contributed by atoms with Crippen LogP contribution in [0.1, 0.15) is 297 Å². The molecule has 0 N–H and O–H groups in total. The van der Waals surface area contributed by atoms with Crippen LogP contribution in [0.2, 0.25) is 0 Å². The van der Waals surface area contributed by atoms with Gasteiger partial charge in [-0.3, -0.25) is 14.4 Å². The van der Waals surface area contributed by atoms with Gasteiger partial charge >= 0.3 is 17.9 Å². The number of ether oxygens (including phenoxy) is 3. The third-order valence-corrected chi connectivity index (χ3v) is 13.1. The van der Waals surface area contributed by atoms with E-state index in [0.717, 1.165) is 96.3 Å². The standard InChI is InChI=1S/C66H114O6/c1-4-7-10-13-16-18-20-22-24-26-28-30-32-33-35-36-38-40-42-44-46-48-50-53-56-59-65(68)71-62-63(61-70-64(67)58-55-52-15-12-9-6-3)72-66(69)60-57-54-51-49-47-45-43-41-39-37-34-31-29-27-25-23-21-19-17-14-11-8-5-2/h8,11,17,19-20,22-23,25-26,28-29,31-33,63H,4-7,9-10,12-16,18,21,24,27,30,34-62H2,1-3H3/b11-8-,19-17-,22-20-,25-23-,28-26-,31-29-,33-32-. The number of unbranched alkanes of at least 4 members (excludes halogenated alkanes) is 30. The maximum atomic E-state index is 12.8. The van der Waals surface area contributed by atoms with E-state index in [9.17, 15) is 14.4 Å². The molecule has 6 nitrogen and oxygen atoms in total. The first kappa shape index (κ1) is 68.6. The Bertz CT molecular complexity index is 1380. The number of carbonyl (C=O) groups is 3. The molecule has 0 aromatic rings. The molecule has 0 amide bonds. The van der Waals surface area contributed by atoms with E-state index in [1.54, 1.807) is 0 Å². The Morgan fingerprint density at radius 3 is 0.847 bits per heavy atom. The van der Waals surface area contributed by atoms with Crippen LogP contribution < -0.4 is 0 Å². The molecule has 0 heterocycles. The van der Waals surface area contributed by atoms with Crippen molar-refractivity contribution in [2.75, 3.05) is 13.2 Å². The van der Waals surface area contributed by atoms with Crippen molar-refractivity contribution in [1.82, 2.24) is 0 Å². The zero-order valence-electron chi connectivity index (χ0n) is 47.4. The Hall–Kier alpha value is -3.41.